The van der Waals surface area contributed by atoms with E-state index in [9.17, 15) is 4.79 Å². The Balaban J connectivity index is 1.68. The molecule has 1 saturated carbocycles. The van der Waals surface area contributed by atoms with Crippen LogP contribution in [0.1, 0.15) is 29.4 Å². The van der Waals surface area contributed by atoms with Crippen molar-refractivity contribution in [2.75, 3.05) is 31.0 Å². The summed E-state index contributed by atoms with van der Waals surface area (Å²) in [6, 6.07) is 9.92. The molecule has 2 heterocycles. The fourth-order valence-corrected chi connectivity index (χ4v) is 5.28. The Morgan fingerprint density at radius 1 is 1.22 bits per heavy atom. The normalized spacial score (nSPS) is 15.0. The van der Waals surface area contributed by atoms with Crippen LogP contribution in [0.3, 0.4) is 0 Å². The molecule has 7 heteroatoms. The highest BCUT2D eigenvalue weighted by Crippen LogP contribution is 2.40. The molecule has 142 valence electrons. The highest BCUT2D eigenvalue weighted by molar-refractivity contribution is 7.29. The highest BCUT2D eigenvalue weighted by atomic mass is 32.1. The Labute approximate surface area is 167 Å². The third kappa shape index (κ3) is 3.53. The summed E-state index contributed by atoms with van der Waals surface area (Å²) in [6.45, 7) is 2.15. The molecule has 1 amide bonds. The van der Waals surface area contributed by atoms with E-state index in [2.05, 4.69) is 11.9 Å². The summed E-state index contributed by atoms with van der Waals surface area (Å²) in [4.78, 5) is 23.7. The molecule has 27 heavy (non-hydrogen) atoms. The average molecular weight is 402 g/mol. The number of thiophene rings is 1. The summed E-state index contributed by atoms with van der Waals surface area (Å²) in [5, 5.41) is 0.966. The molecular formula is C20H23N3O2S2. The molecule has 0 bridgehead atoms. The molecule has 1 atom stereocenters. The van der Waals surface area contributed by atoms with Gasteiger partial charge in [-0.15, -0.1) is 11.3 Å². The molecule has 1 aliphatic carbocycles. The van der Waals surface area contributed by atoms with Crippen molar-refractivity contribution in [3.8, 4) is 5.75 Å². The summed E-state index contributed by atoms with van der Waals surface area (Å²) in [5.74, 6) is 1.43. The van der Waals surface area contributed by atoms with Gasteiger partial charge >= 0.3 is 0 Å². The number of carbonyl (C=O) groups excluding carboxylic acids is 1. The molecule has 0 saturated heterocycles. The minimum Gasteiger partial charge on any atom is -0.497 e. The second-order valence-electron chi connectivity index (χ2n) is 7.12. The lowest BCUT2D eigenvalue weighted by molar-refractivity contribution is 0.0979. The number of methoxy groups -OCH3 is 1. The molecule has 0 aliphatic heterocycles. The van der Waals surface area contributed by atoms with Crippen molar-refractivity contribution < 1.29 is 9.53 Å². The van der Waals surface area contributed by atoms with E-state index in [-0.39, 0.29) is 11.9 Å². The third-order valence-corrected chi connectivity index (χ3v) is 7.27. The molecular weight excluding hydrogens is 378 g/mol. The second-order valence-corrected chi connectivity index (χ2v) is 9.16. The SMILES string of the molecule is COc1ccc(N(C(=O)c2cc3sc(N(C)C)nc3s2)C(C)C2CC2)cc1. The molecule has 2 aromatic heterocycles. The van der Waals surface area contributed by atoms with E-state index in [0.29, 0.717) is 5.92 Å². The standard InChI is InChI=1S/C20H23N3O2S2/c1-12(13-5-6-13)23(14-7-9-15(25-4)10-8-14)19(24)17-11-16-18(26-17)21-20(27-16)22(2)3/h7-13H,5-6H2,1-4H3. The zero-order valence-electron chi connectivity index (χ0n) is 15.9. The Hall–Kier alpha value is -2.12. The van der Waals surface area contributed by atoms with E-state index in [1.54, 1.807) is 18.4 Å². The molecule has 1 aromatic carbocycles. The van der Waals surface area contributed by atoms with E-state index in [1.807, 2.05) is 54.2 Å². The fraction of sp³-hybridized carbons (Fsp3) is 0.400. The number of hydrogen-bond acceptors (Lipinski definition) is 6. The van der Waals surface area contributed by atoms with Gasteiger partial charge in [-0.3, -0.25) is 4.79 Å². The number of hydrogen-bond donors (Lipinski definition) is 0. The highest BCUT2D eigenvalue weighted by Gasteiger charge is 2.36. The smallest absolute Gasteiger partial charge is 0.268 e. The number of rotatable bonds is 6. The van der Waals surface area contributed by atoms with Gasteiger partial charge in [0.15, 0.2) is 5.13 Å². The summed E-state index contributed by atoms with van der Waals surface area (Å²) >= 11 is 3.10. The lowest BCUT2D eigenvalue weighted by Crippen LogP contribution is -2.39. The summed E-state index contributed by atoms with van der Waals surface area (Å²) < 4.78 is 6.33. The lowest BCUT2D eigenvalue weighted by atomic mass is 10.1. The second kappa shape index (κ2) is 7.13. The van der Waals surface area contributed by atoms with Gasteiger partial charge in [0.05, 0.1) is 16.7 Å². The summed E-state index contributed by atoms with van der Waals surface area (Å²) in [7, 11) is 5.62. The monoisotopic (exact) mass is 401 g/mol. The van der Waals surface area contributed by atoms with Gasteiger partial charge in [0.25, 0.3) is 5.91 Å². The molecule has 3 aromatic rings. The van der Waals surface area contributed by atoms with Crippen LogP contribution >= 0.6 is 22.7 Å². The first kappa shape index (κ1) is 18.3. The van der Waals surface area contributed by atoms with E-state index in [0.717, 1.165) is 31.0 Å². The van der Waals surface area contributed by atoms with Crippen LogP contribution in [0.15, 0.2) is 30.3 Å². The largest absolute Gasteiger partial charge is 0.497 e. The zero-order valence-corrected chi connectivity index (χ0v) is 17.6. The van der Waals surface area contributed by atoms with E-state index < -0.39 is 0 Å². The minimum atomic E-state index is 0.0566. The molecule has 0 N–H and O–H groups in total. The van der Waals surface area contributed by atoms with Crippen LogP contribution < -0.4 is 14.5 Å². The van der Waals surface area contributed by atoms with Crippen LogP contribution in [0.5, 0.6) is 5.75 Å². The van der Waals surface area contributed by atoms with Crippen molar-refractivity contribution >= 4 is 48.9 Å². The van der Waals surface area contributed by atoms with Crippen LogP contribution in [0.2, 0.25) is 0 Å². The Bertz CT molecular complexity index is 926. The van der Waals surface area contributed by atoms with Gasteiger partial charge in [0.1, 0.15) is 10.6 Å². The first-order chi connectivity index (χ1) is 13.0. The number of amides is 1. The first-order valence-electron chi connectivity index (χ1n) is 9.03. The van der Waals surface area contributed by atoms with Gasteiger partial charge in [-0.05, 0) is 56.0 Å². The van der Waals surface area contributed by atoms with Gasteiger partial charge in [0, 0.05) is 25.8 Å². The third-order valence-electron chi connectivity index (χ3n) is 4.95. The van der Waals surface area contributed by atoms with Gasteiger partial charge in [-0.2, -0.15) is 0 Å². The number of aromatic nitrogens is 1. The van der Waals surface area contributed by atoms with Crippen LogP contribution in [-0.2, 0) is 0 Å². The first-order valence-corrected chi connectivity index (χ1v) is 10.7. The van der Waals surface area contributed by atoms with Crippen molar-refractivity contribution in [1.82, 2.24) is 4.98 Å². The van der Waals surface area contributed by atoms with E-state index in [1.165, 1.54) is 24.2 Å². The lowest BCUT2D eigenvalue weighted by Gasteiger charge is -2.29. The van der Waals surface area contributed by atoms with Crippen molar-refractivity contribution in [2.45, 2.75) is 25.8 Å². The number of benzene rings is 1. The predicted octanol–water partition coefficient (Wildman–Crippen LogP) is 4.88. The Morgan fingerprint density at radius 3 is 2.48 bits per heavy atom. The number of fused-ring (bicyclic) bond motifs is 1. The van der Waals surface area contributed by atoms with Crippen molar-refractivity contribution in [2.24, 2.45) is 5.92 Å². The number of thiazole rings is 1. The van der Waals surface area contributed by atoms with Crippen molar-refractivity contribution in [3.63, 3.8) is 0 Å². The van der Waals surface area contributed by atoms with Crippen LogP contribution in [-0.4, -0.2) is 38.1 Å². The Morgan fingerprint density at radius 2 is 1.93 bits per heavy atom. The summed E-state index contributed by atoms with van der Waals surface area (Å²) in [5.41, 5.74) is 0.916. The van der Waals surface area contributed by atoms with Gasteiger partial charge < -0.3 is 14.5 Å². The molecule has 1 unspecified atom stereocenters. The fourth-order valence-electron chi connectivity index (χ4n) is 3.21. The minimum absolute atomic E-state index is 0.0566. The van der Waals surface area contributed by atoms with Crippen LogP contribution in [0, 0.1) is 5.92 Å². The molecule has 1 fully saturated rings. The Kier molecular flexibility index (Phi) is 4.82. The van der Waals surface area contributed by atoms with Gasteiger partial charge in [-0.1, -0.05) is 11.3 Å². The number of carbonyl (C=O) groups is 1. The maximum atomic E-state index is 13.4. The predicted molar refractivity (Wildman–Crippen MR) is 114 cm³/mol. The molecule has 5 nitrogen and oxygen atoms in total. The van der Waals surface area contributed by atoms with Gasteiger partial charge in [-0.25, -0.2) is 4.98 Å². The number of anilines is 2. The summed E-state index contributed by atoms with van der Waals surface area (Å²) in [6.07, 6.45) is 2.38. The molecule has 0 radical (unpaired) electrons. The molecule has 4 rings (SSSR count). The number of ether oxygens (including phenoxy) is 1. The van der Waals surface area contributed by atoms with Crippen molar-refractivity contribution in [3.05, 3.63) is 35.2 Å². The average Bonchev–Trinajstić information content (AvgIpc) is 3.31. The van der Waals surface area contributed by atoms with Crippen LogP contribution in [0.25, 0.3) is 9.53 Å². The van der Waals surface area contributed by atoms with E-state index in [4.69, 9.17) is 4.74 Å². The van der Waals surface area contributed by atoms with E-state index >= 15 is 0 Å². The van der Waals surface area contributed by atoms with Gasteiger partial charge in [0.2, 0.25) is 0 Å². The van der Waals surface area contributed by atoms with Crippen molar-refractivity contribution in [1.29, 1.82) is 0 Å². The quantitative estimate of drug-likeness (QED) is 0.591. The molecule has 0 spiro atoms. The maximum Gasteiger partial charge on any atom is 0.268 e. The molecule has 1 aliphatic rings. The zero-order chi connectivity index (χ0) is 19.1. The topological polar surface area (TPSA) is 45.7 Å². The van der Waals surface area contributed by atoms with Crippen LogP contribution in [0.4, 0.5) is 10.8 Å². The maximum absolute atomic E-state index is 13.4. The number of nitrogens with zero attached hydrogens (tertiary/aromatic N) is 3.